The molecule has 0 aliphatic rings. The van der Waals surface area contributed by atoms with Crippen LogP contribution in [0.5, 0.6) is 0 Å². The third kappa shape index (κ3) is 4.69. The molecule has 1 heterocycles. The van der Waals surface area contributed by atoms with Crippen LogP contribution in [0.4, 0.5) is 5.69 Å². The lowest BCUT2D eigenvalue weighted by Crippen LogP contribution is -2.08. The normalized spacial score (nSPS) is 12.0. The third-order valence-electron chi connectivity index (χ3n) is 3.23. The Hall–Kier alpha value is -2.11. The van der Waals surface area contributed by atoms with Gasteiger partial charge in [-0.1, -0.05) is 47.7 Å². The maximum Gasteiger partial charge on any atom is 0.154 e. The molecule has 120 valence electrons. The van der Waals surface area contributed by atoms with E-state index in [0.29, 0.717) is 0 Å². The van der Waals surface area contributed by atoms with Crippen LogP contribution in [0.2, 0.25) is 0 Å². The van der Waals surface area contributed by atoms with Gasteiger partial charge in [0.15, 0.2) is 5.84 Å². The first kappa shape index (κ1) is 16.7. The molecule has 0 atom stereocenters. The molecule has 0 N–H and O–H groups in total. The van der Waals surface area contributed by atoms with E-state index in [-0.39, 0.29) is 0 Å². The Labute approximate surface area is 154 Å². The SMILES string of the molecule is Cc1ccc(N=C(C=CSc2ccccc2)n2cc(Br)cn2)cc1. The van der Waals surface area contributed by atoms with Crippen LogP contribution in [-0.4, -0.2) is 15.6 Å². The van der Waals surface area contributed by atoms with Crippen molar-refractivity contribution in [3.8, 4) is 0 Å². The van der Waals surface area contributed by atoms with Gasteiger partial charge in [-0.25, -0.2) is 9.67 Å². The molecule has 0 unspecified atom stereocenters. The van der Waals surface area contributed by atoms with Gasteiger partial charge < -0.3 is 0 Å². The summed E-state index contributed by atoms with van der Waals surface area (Å²) >= 11 is 5.08. The van der Waals surface area contributed by atoms with Crippen molar-refractivity contribution in [2.45, 2.75) is 11.8 Å². The monoisotopic (exact) mass is 397 g/mol. The van der Waals surface area contributed by atoms with E-state index in [2.05, 4.69) is 52.2 Å². The van der Waals surface area contributed by atoms with Crippen LogP contribution in [0.1, 0.15) is 5.56 Å². The Morgan fingerprint density at radius 2 is 1.88 bits per heavy atom. The molecule has 24 heavy (non-hydrogen) atoms. The van der Waals surface area contributed by atoms with Gasteiger partial charge in [0.05, 0.1) is 16.4 Å². The molecule has 0 spiro atoms. The minimum Gasteiger partial charge on any atom is -0.229 e. The molecule has 0 aliphatic heterocycles. The number of nitrogens with zero attached hydrogens (tertiary/aromatic N) is 3. The molecule has 0 fully saturated rings. The zero-order valence-electron chi connectivity index (χ0n) is 13.1. The highest BCUT2D eigenvalue weighted by molar-refractivity contribution is 9.10. The van der Waals surface area contributed by atoms with Crippen LogP contribution >= 0.6 is 27.7 Å². The Bertz CT molecular complexity index is 852. The first-order valence-corrected chi connectivity index (χ1v) is 9.12. The van der Waals surface area contributed by atoms with Crippen LogP contribution in [-0.2, 0) is 0 Å². The maximum atomic E-state index is 4.71. The predicted molar refractivity (Wildman–Crippen MR) is 105 cm³/mol. The van der Waals surface area contributed by atoms with Crippen molar-refractivity contribution in [2.75, 3.05) is 0 Å². The van der Waals surface area contributed by atoms with E-state index in [1.54, 1.807) is 22.6 Å². The minimum atomic E-state index is 0.757. The fraction of sp³-hybridized carbons (Fsp3) is 0.0526. The number of halogens is 1. The Kier molecular flexibility index (Phi) is 5.67. The average molecular weight is 398 g/mol. The Morgan fingerprint density at radius 1 is 1.12 bits per heavy atom. The summed E-state index contributed by atoms with van der Waals surface area (Å²) in [5.74, 6) is 0.757. The number of allylic oxidation sites excluding steroid dienone is 1. The molecule has 0 saturated carbocycles. The molecule has 0 bridgehead atoms. The Morgan fingerprint density at radius 3 is 2.54 bits per heavy atom. The minimum absolute atomic E-state index is 0.757. The summed E-state index contributed by atoms with van der Waals surface area (Å²) in [6.07, 6.45) is 5.62. The van der Waals surface area contributed by atoms with Crippen molar-refractivity contribution in [2.24, 2.45) is 4.99 Å². The molecule has 3 rings (SSSR count). The van der Waals surface area contributed by atoms with Crippen LogP contribution in [0.25, 0.3) is 0 Å². The van der Waals surface area contributed by atoms with Crippen LogP contribution < -0.4 is 0 Å². The van der Waals surface area contributed by atoms with E-state index in [9.17, 15) is 0 Å². The molecule has 0 saturated heterocycles. The quantitative estimate of drug-likeness (QED) is 0.314. The van der Waals surface area contributed by atoms with Gasteiger partial charge in [0, 0.05) is 11.1 Å². The molecule has 0 amide bonds. The van der Waals surface area contributed by atoms with E-state index >= 15 is 0 Å². The fourth-order valence-electron chi connectivity index (χ4n) is 2.02. The third-order valence-corrected chi connectivity index (χ3v) is 4.45. The van der Waals surface area contributed by atoms with E-state index in [1.807, 2.05) is 48.0 Å². The molecule has 0 radical (unpaired) electrons. The highest BCUT2D eigenvalue weighted by atomic mass is 79.9. The molecule has 2 aromatic carbocycles. The van der Waals surface area contributed by atoms with Crippen molar-refractivity contribution in [3.05, 3.63) is 88.5 Å². The van der Waals surface area contributed by atoms with Crippen LogP contribution in [0.15, 0.2) is 92.8 Å². The lowest BCUT2D eigenvalue weighted by Gasteiger charge is -2.03. The zero-order valence-corrected chi connectivity index (χ0v) is 15.5. The summed E-state index contributed by atoms with van der Waals surface area (Å²) in [4.78, 5) is 5.90. The van der Waals surface area contributed by atoms with Gasteiger partial charge in [-0.15, -0.1) is 0 Å². The van der Waals surface area contributed by atoms with Gasteiger partial charge in [0.25, 0.3) is 0 Å². The smallest absolute Gasteiger partial charge is 0.154 e. The standard InChI is InChI=1S/C19H16BrN3S/c1-15-7-9-17(10-8-15)22-19(23-14-16(20)13-21-23)11-12-24-18-5-3-2-4-6-18/h2-14H,1H3. The molecule has 3 nitrogen and oxygen atoms in total. The molecule has 0 aliphatic carbocycles. The molecular formula is C19H16BrN3S. The summed E-state index contributed by atoms with van der Waals surface area (Å²) in [5, 5.41) is 6.36. The second-order valence-electron chi connectivity index (χ2n) is 5.14. The fourth-order valence-corrected chi connectivity index (χ4v) is 2.96. The molecule has 3 aromatic rings. The van der Waals surface area contributed by atoms with Crippen molar-refractivity contribution >= 4 is 39.2 Å². The van der Waals surface area contributed by atoms with E-state index in [4.69, 9.17) is 4.99 Å². The second-order valence-corrected chi connectivity index (χ2v) is 7.04. The lowest BCUT2D eigenvalue weighted by atomic mass is 10.2. The topological polar surface area (TPSA) is 30.2 Å². The van der Waals surface area contributed by atoms with E-state index < -0.39 is 0 Å². The largest absolute Gasteiger partial charge is 0.229 e. The van der Waals surface area contributed by atoms with Crippen molar-refractivity contribution in [3.63, 3.8) is 0 Å². The molecule has 5 heteroatoms. The predicted octanol–water partition coefficient (Wildman–Crippen LogP) is 5.84. The number of hydrogen-bond acceptors (Lipinski definition) is 3. The Balaban J connectivity index is 1.86. The lowest BCUT2D eigenvalue weighted by molar-refractivity contribution is 0.937. The zero-order chi connectivity index (χ0) is 16.8. The number of benzene rings is 2. The highest BCUT2D eigenvalue weighted by Gasteiger charge is 2.02. The number of aromatic nitrogens is 2. The maximum absolute atomic E-state index is 4.71. The number of hydrogen-bond donors (Lipinski definition) is 0. The summed E-state index contributed by atoms with van der Waals surface area (Å²) < 4.78 is 2.68. The van der Waals surface area contributed by atoms with Crippen molar-refractivity contribution < 1.29 is 0 Å². The van der Waals surface area contributed by atoms with Gasteiger partial charge in [-0.3, -0.25) is 0 Å². The van der Waals surface area contributed by atoms with Crippen LogP contribution in [0.3, 0.4) is 0 Å². The average Bonchev–Trinajstić information content (AvgIpc) is 3.03. The number of rotatable bonds is 4. The van der Waals surface area contributed by atoms with Gasteiger partial charge in [0.1, 0.15) is 0 Å². The van der Waals surface area contributed by atoms with E-state index in [0.717, 1.165) is 16.0 Å². The summed E-state index contributed by atoms with van der Waals surface area (Å²) in [5.41, 5.74) is 2.11. The number of aryl methyl sites for hydroxylation is 1. The summed E-state index contributed by atoms with van der Waals surface area (Å²) in [7, 11) is 0. The van der Waals surface area contributed by atoms with E-state index in [1.165, 1.54) is 10.5 Å². The van der Waals surface area contributed by atoms with Crippen molar-refractivity contribution in [1.29, 1.82) is 0 Å². The number of aliphatic imine (C=N–C) groups is 1. The first-order chi connectivity index (χ1) is 11.7. The van der Waals surface area contributed by atoms with Gasteiger partial charge in [0.2, 0.25) is 0 Å². The summed E-state index contributed by atoms with van der Waals surface area (Å²) in [6, 6.07) is 18.4. The van der Waals surface area contributed by atoms with Gasteiger partial charge >= 0.3 is 0 Å². The molecular weight excluding hydrogens is 382 g/mol. The van der Waals surface area contributed by atoms with Gasteiger partial charge in [-0.2, -0.15) is 5.10 Å². The highest BCUT2D eigenvalue weighted by Crippen LogP contribution is 2.19. The van der Waals surface area contributed by atoms with Crippen LogP contribution in [0, 0.1) is 6.92 Å². The second kappa shape index (κ2) is 8.13. The summed E-state index contributed by atoms with van der Waals surface area (Å²) in [6.45, 7) is 2.06. The first-order valence-electron chi connectivity index (χ1n) is 7.45. The molecule has 1 aromatic heterocycles. The van der Waals surface area contributed by atoms with Crippen molar-refractivity contribution in [1.82, 2.24) is 9.78 Å². The number of thioether (sulfide) groups is 1. The van der Waals surface area contributed by atoms with Gasteiger partial charge in [-0.05, 0) is 58.6 Å².